The van der Waals surface area contributed by atoms with Crippen LogP contribution in [0.1, 0.15) is 31.7 Å². The average Bonchev–Trinajstić information content (AvgIpc) is 2.74. The fourth-order valence-electron chi connectivity index (χ4n) is 2.27. The van der Waals surface area contributed by atoms with E-state index in [2.05, 4.69) is 6.92 Å². The Balaban J connectivity index is 1.80. The van der Waals surface area contributed by atoms with Gasteiger partial charge >= 0.3 is 5.97 Å². The lowest BCUT2D eigenvalue weighted by atomic mass is 10.1. The van der Waals surface area contributed by atoms with Crippen LogP contribution in [0.3, 0.4) is 0 Å². The summed E-state index contributed by atoms with van der Waals surface area (Å²) in [5.74, 6) is 0.793. The van der Waals surface area contributed by atoms with E-state index in [9.17, 15) is 4.79 Å². The van der Waals surface area contributed by atoms with Crippen LogP contribution in [0.2, 0.25) is 0 Å². The summed E-state index contributed by atoms with van der Waals surface area (Å²) >= 11 is 0. The fraction of sp³-hybridized carbons (Fsp3) is 0.500. The van der Waals surface area contributed by atoms with Gasteiger partial charge in [0.25, 0.3) is 0 Å². The SMILES string of the molecule is CC1CCC(C(=O)OCc2ccccc2)C1. The van der Waals surface area contributed by atoms with Gasteiger partial charge in [-0.25, -0.2) is 0 Å². The Hall–Kier alpha value is -1.31. The summed E-state index contributed by atoms with van der Waals surface area (Å²) < 4.78 is 5.32. The highest BCUT2D eigenvalue weighted by atomic mass is 16.5. The fourth-order valence-corrected chi connectivity index (χ4v) is 2.27. The normalized spacial score (nSPS) is 24.3. The smallest absolute Gasteiger partial charge is 0.309 e. The summed E-state index contributed by atoms with van der Waals surface area (Å²) in [6.07, 6.45) is 3.15. The molecule has 2 heteroatoms. The Morgan fingerprint density at radius 3 is 2.69 bits per heavy atom. The molecular formula is C14H18O2. The zero-order valence-corrected chi connectivity index (χ0v) is 9.69. The van der Waals surface area contributed by atoms with Crippen molar-refractivity contribution in [2.24, 2.45) is 11.8 Å². The maximum Gasteiger partial charge on any atom is 0.309 e. The summed E-state index contributed by atoms with van der Waals surface area (Å²) in [5.41, 5.74) is 1.06. The third kappa shape index (κ3) is 2.84. The molecule has 86 valence electrons. The van der Waals surface area contributed by atoms with Crippen molar-refractivity contribution in [1.82, 2.24) is 0 Å². The van der Waals surface area contributed by atoms with E-state index < -0.39 is 0 Å². The molecule has 1 aromatic carbocycles. The van der Waals surface area contributed by atoms with E-state index in [1.165, 1.54) is 0 Å². The zero-order chi connectivity index (χ0) is 11.4. The number of benzene rings is 1. The first-order valence-electron chi connectivity index (χ1n) is 5.96. The van der Waals surface area contributed by atoms with E-state index in [0.29, 0.717) is 12.5 Å². The number of carbonyl (C=O) groups excluding carboxylic acids is 1. The van der Waals surface area contributed by atoms with Gasteiger partial charge in [-0.1, -0.05) is 37.3 Å². The first-order chi connectivity index (χ1) is 7.75. The Labute approximate surface area is 96.6 Å². The third-order valence-corrected chi connectivity index (χ3v) is 3.25. The average molecular weight is 218 g/mol. The van der Waals surface area contributed by atoms with Crippen molar-refractivity contribution in [1.29, 1.82) is 0 Å². The minimum Gasteiger partial charge on any atom is -0.461 e. The molecule has 16 heavy (non-hydrogen) atoms. The highest BCUT2D eigenvalue weighted by molar-refractivity contribution is 5.72. The Kier molecular flexibility index (Phi) is 3.60. The molecule has 1 fully saturated rings. The topological polar surface area (TPSA) is 26.3 Å². The first kappa shape index (κ1) is 11.2. The van der Waals surface area contributed by atoms with Crippen LogP contribution in [0.4, 0.5) is 0 Å². The number of carbonyl (C=O) groups is 1. The molecule has 0 saturated heterocycles. The van der Waals surface area contributed by atoms with Crippen molar-refractivity contribution in [2.45, 2.75) is 32.8 Å². The van der Waals surface area contributed by atoms with Gasteiger partial charge in [0.15, 0.2) is 0 Å². The molecule has 2 rings (SSSR count). The molecule has 1 saturated carbocycles. The van der Waals surface area contributed by atoms with Gasteiger partial charge in [0.05, 0.1) is 5.92 Å². The quantitative estimate of drug-likeness (QED) is 0.728. The highest BCUT2D eigenvalue weighted by Gasteiger charge is 2.28. The second-order valence-electron chi connectivity index (χ2n) is 4.71. The molecule has 0 amide bonds. The third-order valence-electron chi connectivity index (χ3n) is 3.25. The summed E-state index contributed by atoms with van der Waals surface area (Å²) in [4.78, 5) is 11.7. The van der Waals surface area contributed by atoms with Crippen molar-refractivity contribution in [3.8, 4) is 0 Å². The first-order valence-corrected chi connectivity index (χ1v) is 5.96. The number of hydrogen-bond acceptors (Lipinski definition) is 2. The van der Waals surface area contributed by atoms with Gasteiger partial charge in [-0.15, -0.1) is 0 Å². The molecule has 2 unspecified atom stereocenters. The van der Waals surface area contributed by atoms with Gasteiger partial charge < -0.3 is 4.74 Å². The Morgan fingerprint density at radius 1 is 1.31 bits per heavy atom. The van der Waals surface area contributed by atoms with Crippen molar-refractivity contribution >= 4 is 5.97 Å². The molecule has 1 aliphatic rings. The molecule has 1 aromatic rings. The zero-order valence-electron chi connectivity index (χ0n) is 9.69. The van der Waals surface area contributed by atoms with Gasteiger partial charge in [0, 0.05) is 0 Å². The van der Waals surface area contributed by atoms with E-state index in [4.69, 9.17) is 4.74 Å². The van der Waals surface area contributed by atoms with Gasteiger partial charge in [-0.05, 0) is 30.7 Å². The van der Waals surface area contributed by atoms with E-state index in [1.807, 2.05) is 30.3 Å². The summed E-state index contributed by atoms with van der Waals surface area (Å²) in [7, 11) is 0. The number of ether oxygens (including phenoxy) is 1. The van der Waals surface area contributed by atoms with Crippen molar-refractivity contribution in [2.75, 3.05) is 0 Å². The lowest BCUT2D eigenvalue weighted by Crippen LogP contribution is -2.14. The minimum atomic E-state index is -0.0202. The number of hydrogen-bond donors (Lipinski definition) is 0. The van der Waals surface area contributed by atoms with Crippen LogP contribution in [-0.2, 0) is 16.1 Å². The van der Waals surface area contributed by atoms with E-state index in [1.54, 1.807) is 0 Å². The van der Waals surface area contributed by atoms with Crippen molar-refractivity contribution in [3.05, 3.63) is 35.9 Å². The largest absolute Gasteiger partial charge is 0.461 e. The lowest BCUT2D eigenvalue weighted by Gasteiger charge is -2.09. The number of esters is 1. The minimum absolute atomic E-state index is 0.0202. The van der Waals surface area contributed by atoms with E-state index in [-0.39, 0.29) is 11.9 Å². The van der Waals surface area contributed by atoms with Crippen LogP contribution in [0, 0.1) is 11.8 Å². The van der Waals surface area contributed by atoms with Crippen molar-refractivity contribution < 1.29 is 9.53 Å². The van der Waals surface area contributed by atoms with Gasteiger partial charge in [-0.2, -0.15) is 0 Å². The molecule has 0 heterocycles. The monoisotopic (exact) mass is 218 g/mol. The molecule has 0 bridgehead atoms. The predicted octanol–water partition coefficient (Wildman–Crippen LogP) is 3.17. The second kappa shape index (κ2) is 5.15. The standard InChI is InChI=1S/C14H18O2/c1-11-7-8-13(9-11)14(15)16-10-12-5-3-2-4-6-12/h2-6,11,13H,7-10H2,1H3. The molecule has 2 atom stereocenters. The summed E-state index contributed by atoms with van der Waals surface area (Å²) in [6, 6.07) is 9.83. The van der Waals surface area contributed by atoms with Gasteiger partial charge in [-0.3, -0.25) is 4.79 Å². The van der Waals surface area contributed by atoms with Gasteiger partial charge in [0.2, 0.25) is 0 Å². The van der Waals surface area contributed by atoms with Gasteiger partial charge in [0.1, 0.15) is 6.61 Å². The van der Waals surface area contributed by atoms with E-state index in [0.717, 1.165) is 24.8 Å². The maximum atomic E-state index is 11.7. The highest BCUT2D eigenvalue weighted by Crippen LogP contribution is 2.31. The molecule has 0 N–H and O–H groups in total. The van der Waals surface area contributed by atoms with Crippen LogP contribution in [0.15, 0.2) is 30.3 Å². The van der Waals surface area contributed by atoms with Crippen LogP contribution in [0.5, 0.6) is 0 Å². The molecule has 0 aliphatic heterocycles. The van der Waals surface area contributed by atoms with Crippen LogP contribution in [-0.4, -0.2) is 5.97 Å². The molecule has 0 spiro atoms. The predicted molar refractivity (Wildman–Crippen MR) is 62.7 cm³/mol. The molecule has 1 aliphatic carbocycles. The molecule has 0 radical (unpaired) electrons. The van der Waals surface area contributed by atoms with Crippen LogP contribution >= 0.6 is 0 Å². The molecule has 2 nitrogen and oxygen atoms in total. The Bertz CT molecular complexity index is 345. The molecule has 0 aromatic heterocycles. The number of rotatable bonds is 3. The van der Waals surface area contributed by atoms with E-state index >= 15 is 0 Å². The van der Waals surface area contributed by atoms with Crippen LogP contribution in [0.25, 0.3) is 0 Å². The maximum absolute atomic E-state index is 11.7. The Morgan fingerprint density at radius 2 is 2.06 bits per heavy atom. The second-order valence-corrected chi connectivity index (χ2v) is 4.71. The van der Waals surface area contributed by atoms with Crippen LogP contribution < -0.4 is 0 Å². The van der Waals surface area contributed by atoms with Crippen molar-refractivity contribution in [3.63, 3.8) is 0 Å². The molecular weight excluding hydrogens is 200 g/mol. The summed E-state index contributed by atoms with van der Waals surface area (Å²) in [6.45, 7) is 2.61. The summed E-state index contributed by atoms with van der Waals surface area (Å²) in [5, 5.41) is 0. The lowest BCUT2D eigenvalue weighted by molar-refractivity contribution is -0.149.